The SMILES string of the molecule is CC(C)(C)OC(=O)/C=C(/Cl)C(=O)OC(C)(C)C. The molecule has 0 fully saturated rings. The van der Waals surface area contributed by atoms with Crippen LogP contribution in [-0.4, -0.2) is 23.1 Å². The zero-order valence-electron chi connectivity index (χ0n) is 11.1. The average Bonchev–Trinajstić information content (AvgIpc) is 1.95. The topological polar surface area (TPSA) is 52.6 Å². The van der Waals surface area contributed by atoms with Crippen LogP contribution in [0.25, 0.3) is 0 Å². The van der Waals surface area contributed by atoms with Crippen LogP contribution in [0.15, 0.2) is 11.1 Å². The summed E-state index contributed by atoms with van der Waals surface area (Å²) in [5.74, 6) is -1.42. The van der Waals surface area contributed by atoms with Crippen LogP contribution in [0.4, 0.5) is 0 Å². The molecule has 0 aliphatic carbocycles. The summed E-state index contributed by atoms with van der Waals surface area (Å²) in [4.78, 5) is 22.8. The first kappa shape index (κ1) is 16.0. The average molecular weight is 263 g/mol. The molecule has 0 rings (SSSR count). The summed E-state index contributed by atoms with van der Waals surface area (Å²) >= 11 is 5.65. The largest absolute Gasteiger partial charge is 0.457 e. The lowest BCUT2D eigenvalue weighted by atomic mass is 10.2. The summed E-state index contributed by atoms with van der Waals surface area (Å²) in [5, 5.41) is -0.297. The van der Waals surface area contributed by atoms with E-state index in [0.29, 0.717) is 0 Å². The highest BCUT2D eigenvalue weighted by atomic mass is 35.5. The van der Waals surface area contributed by atoms with E-state index in [1.165, 1.54) is 0 Å². The highest BCUT2D eigenvalue weighted by Crippen LogP contribution is 2.14. The Morgan fingerprint density at radius 3 is 1.71 bits per heavy atom. The van der Waals surface area contributed by atoms with E-state index in [-0.39, 0.29) is 5.03 Å². The van der Waals surface area contributed by atoms with Crippen molar-refractivity contribution in [2.24, 2.45) is 0 Å². The van der Waals surface area contributed by atoms with E-state index in [4.69, 9.17) is 21.1 Å². The van der Waals surface area contributed by atoms with Gasteiger partial charge in [-0.15, -0.1) is 0 Å². The monoisotopic (exact) mass is 262 g/mol. The molecule has 0 saturated heterocycles. The van der Waals surface area contributed by atoms with Crippen molar-refractivity contribution in [3.8, 4) is 0 Å². The smallest absolute Gasteiger partial charge is 0.350 e. The molecule has 17 heavy (non-hydrogen) atoms. The highest BCUT2D eigenvalue weighted by Gasteiger charge is 2.21. The van der Waals surface area contributed by atoms with Gasteiger partial charge in [0.1, 0.15) is 16.2 Å². The van der Waals surface area contributed by atoms with Gasteiger partial charge in [0, 0.05) is 6.08 Å². The Hall–Kier alpha value is -1.03. The first-order valence-corrected chi connectivity index (χ1v) is 5.62. The number of hydrogen-bond acceptors (Lipinski definition) is 4. The third-order valence-electron chi connectivity index (χ3n) is 1.25. The molecule has 0 spiro atoms. The Bertz CT molecular complexity index is 331. The predicted octanol–water partition coefficient (Wildman–Crippen LogP) is 2.79. The van der Waals surface area contributed by atoms with Crippen molar-refractivity contribution in [3.63, 3.8) is 0 Å². The molecule has 0 bridgehead atoms. The van der Waals surface area contributed by atoms with Gasteiger partial charge in [0.15, 0.2) is 0 Å². The minimum absolute atomic E-state index is 0.297. The summed E-state index contributed by atoms with van der Waals surface area (Å²) in [6.07, 6.45) is 0.918. The molecule has 0 aliphatic heterocycles. The Morgan fingerprint density at radius 2 is 1.35 bits per heavy atom. The van der Waals surface area contributed by atoms with Gasteiger partial charge in [0.25, 0.3) is 0 Å². The Kier molecular flexibility index (Phi) is 5.20. The van der Waals surface area contributed by atoms with Gasteiger partial charge in [0.05, 0.1) is 0 Å². The van der Waals surface area contributed by atoms with Crippen molar-refractivity contribution in [3.05, 3.63) is 11.1 Å². The van der Waals surface area contributed by atoms with Gasteiger partial charge in [-0.1, -0.05) is 11.6 Å². The second-order valence-corrected chi connectivity index (χ2v) is 5.93. The van der Waals surface area contributed by atoms with E-state index in [9.17, 15) is 9.59 Å². The van der Waals surface area contributed by atoms with Gasteiger partial charge >= 0.3 is 11.9 Å². The second-order valence-electron chi connectivity index (χ2n) is 5.53. The zero-order valence-corrected chi connectivity index (χ0v) is 11.8. The first-order chi connectivity index (χ1) is 7.41. The van der Waals surface area contributed by atoms with Gasteiger partial charge in [-0.05, 0) is 41.5 Å². The molecule has 0 N–H and O–H groups in total. The molecule has 0 radical (unpaired) electrons. The summed E-state index contributed by atoms with van der Waals surface area (Å²) < 4.78 is 9.96. The molecular weight excluding hydrogens is 244 g/mol. The second kappa shape index (κ2) is 5.54. The van der Waals surface area contributed by atoms with Gasteiger partial charge in [0.2, 0.25) is 0 Å². The molecule has 0 amide bonds. The molecule has 4 nitrogen and oxygen atoms in total. The van der Waals surface area contributed by atoms with E-state index in [1.54, 1.807) is 41.5 Å². The first-order valence-electron chi connectivity index (χ1n) is 5.24. The molecule has 0 aliphatic rings. The molecule has 98 valence electrons. The van der Waals surface area contributed by atoms with Crippen molar-refractivity contribution in [1.29, 1.82) is 0 Å². The molecule has 0 saturated carbocycles. The molecule has 0 unspecified atom stereocenters. The van der Waals surface area contributed by atoms with Crippen LogP contribution in [0.2, 0.25) is 0 Å². The summed E-state index contributed by atoms with van der Waals surface area (Å²) in [7, 11) is 0. The maximum Gasteiger partial charge on any atom is 0.350 e. The number of ether oxygens (including phenoxy) is 2. The normalized spacial score (nSPS) is 13.2. The summed E-state index contributed by atoms with van der Waals surface area (Å²) in [6.45, 7) is 10.3. The lowest BCUT2D eigenvalue weighted by molar-refractivity contribution is -0.152. The number of esters is 2. The van der Waals surface area contributed by atoms with Crippen molar-refractivity contribution >= 4 is 23.5 Å². The molecule has 0 aromatic rings. The molecule has 0 atom stereocenters. The van der Waals surface area contributed by atoms with E-state index >= 15 is 0 Å². The van der Waals surface area contributed by atoms with Gasteiger partial charge in [-0.25, -0.2) is 9.59 Å². The van der Waals surface area contributed by atoms with E-state index in [0.717, 1.165) is 6.08 Å². The maximum atomic E-state index is 11.4. The fourth-order valence-electron chi connectivity index (χ4n) is 0.820. The fourth-order valence-corrected chi connectivity index (χ4v) is 0.948. The minimum atomic E-state index is -0.745. The molecule has 0 aromatic heterocycles. The maximum absolute atomic E-state index is 11.4. The Labute approximate surface area is 107 Å². The minimum Gasteiger partial charge on any atom is -0.457 e. The van der Waals surface area contributed by atoms with Crippen LogP contribution in [0.3, 0.4) is 0 Å². The van der Waals surface area contributed by atoms with E-state index < -0.39 is 23.1 Å². The van der Waals surface area contributed by atoms with Gasteiger partial charge in [-0.3, -0.25) is 0 Å². The summed E-state index contributed by atoms with van der Waals surface area (Å²) in [5.41, 5.74) is -1.28. The standard InChI is InChI=1S/C12H19ClO4/c1-11(2,3)16-9(14)7-8(13)10(15)17-12(4,5)6/h7H,1-6H3/b8-7+. The number of carbonyl (C=O) groups excluding carboxylic acids is 2. The van der Waals surface area contributed by atoms with E-state index in [1.807, 2.05) is 0 Å². The predicted molar refractivity (Wildman–Crippen MR) is 65.6 cm³/mol. The molecule has 0 heterocycles. The Balaban J connectivity index is 4.55. The van der Waals surface area contributed by atoms with Crippen LogP contribution >= 0.6 is 11.6 Å². The van der Waals surface area contributed by atoms with Crippen LogP contribution in [0.1, 0.15) is 41.5 Å². The van der Waals surface area contributed by atoms with Crippen molar-refractivity contribution in [2.45, 2.75) is 52.7 Å². The van der Waals surface area contributed by atoms with Gasteiger partial charge in [-0.2, -0.15) is 0 Å². The molecule has 0 aromatic carbocycles. The highest BCUT2D eigenvalue weighted by molar-refractivity contribution is 6.42. The van der Waals surface area contributed by atoms with Gasteiger partial charge < -0.3 is 9.47 Å². The summed E-state index contributed by atoms with van der Waals surface area (Å²) in [6, 6.07) is 0. The third-order valence-corrected chi connectivity index (χ3v) is 1.51. The molecule has 5 heteroatoms. The van der Waals surface area contributed by atoms with Crippen LogP contribution in [0.5, 0.6) is 0 Å². The van der Waals surface area contributed by atoms with Crippen LogP contribution < -0.4 is 0 Å². The fraction of sp³-hybridized carbons (Fsp3) is 0.667. The number of halogens is 1. The zero-order chi connectivity index (χ0) is 13.9. The lowest BCUT2D eigenvalue weighted by Gasteiger charge is -2.20. The van der Waals surface area contributed by atoms with E-state index in [2.05, 4.69) is 0 Å². The lowest BCUT2D eigenvalue weighted by Crippen LogP contribution is -2.25. The third kappa shape index (κ3) is 8.74. The Morgan fingerprint density at radius 1 is 0.941 bits per heavy atom. The molecular formula is C12H19ClO4. The van der Waals surface area contributed by atoms with Crippen molar-refractivity contribution in [1.82, 2.24) is 0 Å². The van der Waals surface area contributed by atoms with Crippen LogP contribution in [0, 0.1) is 0 Å². The quantitative estimate of drug-likeness (QED) is 0.567. The van der Waals surface area contributed by atoms with Crippen molar-refractivity contribution < 1.29 is 19.1 Å². The number of rotatable bonds is 2. The van der Waals surface area contributed by atoms with Crippen molar-refractivity contribution in [2.75, 3.05) is 0 Å². The number of hydrogen-bond donors (Lipinski definition) is 0. The number of carbonyl (C=O) groups is 2. The van der Waals surface area contributed by atoms with Crippen LogP contribution in [-0.2, 0) is 19.1 Å².